The Kier molecular flexibility index (Phi) is 2.52. The number of hydrogen-bond acceptors (Lipinski definition) is 4. The van der Waals surface area contributed by atoms with Crippen molar-refractivity contribution in [3.05, 3.63) is 52.4 Å². The van der Waals surface area contributed by atoms with E-state index in [9.17, 15) is 4.79 Å². The molecule has 0 radical (unpaired) electrons. The number of fused-ring (bicyclic) bond motifs is 1. The van der Waals surface area contributed by atoms with Crippen molar-refractivity contribution in [3.63, 3.8) is 0 Å². The van der Waals surface area contributed by atoms with Crippen LogP contribution in [0.25, 0.3) is 22.2 Å². The van der Waals surface area contributed by atoms with Crippen LogP contribution in [0.4, 0.5) is 5.95 Å². The molecule has 1 aromatic carbocycles. The summed E-state index contributed by atoms with van der Waals surface area (Å²) in [4.78, 5) is 23.0. The third-order valence-electron chi connectivity index (χ3n) is 2.91. The van der Waals surface area contributed by atoms with Crippen LogP contribution in [0.3, 0.4) is 0 Å². The summed E-state index contributed by atoms with van der Waals surface area (Å²) >= 11 is 0. The summed E-state index contributed by atoms with van der Waals surface area (Å²) in [6.45, 7) is 1.87. The lowest BCUT2D eigenvalue weighted by atomic mass is 10.0. The number of rotatable bonds is 1. The van der Waals surface area contributed by atoms with E-state index in [1.807, 2.05) is 43.3 Å². The number of aromatic amines is 1. The Morgan fingerprint density at radius 3 is 2.63 bits per heavy atom. The number of nitrogens with zero attached hydrogens (tertiary/aromatic N) is 2. The molecule has 0 bridgehead atoms. The van der Waals surface area contributed by atoms with Crippen LogP contribution in [0, 0.1) is 6.92 Å². The predicted octanol–water partition coefficient (Wildman–Crippen LogP) is 1.88. The van der Waals surface area contributed by atoms with Crippen molar-refractivity contribution in [2.45, 2.75) is 6.92 Å². The molecule has 0 fully saturated rings. The molecule has 0 aliphatic rings. The van der Waals surface area contributed by atoms with Crippen molar-refractivity contribution >= 4 is 17.0 Å². The number of pyridine rings is 1. The normalized spacial score (nSPS) is 10.8. The van der Waals surface area contributed by atoms with Crippen LogP contribution in [0.2, 0.25) is 0 Å². The molecule has 0 saturated carbocycles. The van der Waals surface area contributed by atoms with Gasteiger partial charge in [-0.05, 0) is 18.6 Å². The second-order valence-electron chi connectivity index (χ2n) is 4.33. The molecular formula is C14H12N4O. The standard InChI is InChI=1S/C14H12N4O/c1-8-7-10(9-5-3-2-4-6-9)11-12(16-8)17-14(15)18-13(11)19/h2-7H,1H3,(H3,15,16,17,18,19). The molecule has 2 heterocycles. The number of nitrogens with two attached hydrogens (primary N) is 1. The quantitative estimate of drug-likeness (QED) is 0.692. The van der Waals surface area contributed by atoms with Crippen LogP contribution in [0.1, 0.15) is 5.69 Å². The van der Waals surface area contributed by atoms with Crippen LogP contribution < -0.4 is 11.3 Å². The molecule has 0 aliphatic heterocycles. The van der Waals surface area contributed by atoms with Gasteiger partial charge in [-0.25, -0.2) is 4.98 Å². The Labute approximate surface area is 109 Å². The zero-order valence-electron chi connectivity index (χ0n) is 10.3. The SMILES string of the molecule is Cc1cc(-c2ccccc2)c2c(=O)[nH]c(N)nc2n1. The number of hydrogen-bond donors (Lipinski definition) is 2. The van der Waals surface area contributed by atoms with E-state index in [2.05, 4.69) is 15.0 Å². The number of aromatic nitrogens is 3. The van der Waals surface area contributed by atoms with E-state index < -0.39 is 0 Å². The fourth-order valence-electron chi connectivity index (χ4n) is 2.13. The van der Waals surface area contributed by atoms with Gasteiger partial charge in [0.05, 0.1) is 5.39 Å². The maximum absolute atomic E-state index is 12.1. The first-order chi connectivity index (χ1) is 9.15. The first-order valence-electron chi connectivity index (χ1n) is 5.88. The van der Waals surface area contributed by atoms with Crippen molar-refractivity contribution in [3.8, 4) is 11.1 Å². The largest absolute Gasteiger partial charge is 0.369 e. The topological polar surface area (TPSA) is 84.7 Å². The minimum absolute atomic E-state index is 0.0783. The van der Waals surface area contributed by atoms with Crippen molar-refractivity contribution in [2.75, 3.05) is 5.73 Å². The maximum Gasteiger partial charge on any atom is 0.262 e. The first kappa shape index (κ1) is 11.4. The lowest BCUT2D eigenvalue weighted by Gasteiger charge is -2.07. The van der Waals surface area contributed by atoms with E-state index in [1.54, 1.807) is 0 Å². The highest BCUT2D eigenvalue weighted by molar-refractivity contribution is 5.92. The van der Waals surface area contributed by atoms with Crippen molar-refractivity contribution in [1.82, 2.24) is 15.0 Å². The summed E-state index contributed by atoms with van der Waals surface area (Å²) < 4.78 is 0. The molecule has 0 spiro atoms. The summed E-state index contributed by atoms with van der Waals surface area (Å²) in [5, 5.41) is 0.464. The van der Waals surface area contributed by atoms with Crippen LogP contribution in [0.15, 0.2) is 41.2 Å². The van der Waals surface area contributed by atoms with Gasteiger partial charge in [0.25, 0.3) is 5.56 Å². The molecule has 5 heteroatoms. The van der Waals surface area contributed by atoms with Crippen LogP contribution in [0.5, 0.6) is 0 Å². The Morgan fingerprint density at radius 1 is 1.16 bits per heavy atom. The molecule has 5 nitrogen and oxygen atoms in total. The molecule has 3 rings (SSSR count). The second kappa shape index (κ2) is 4.20. The average Bonchev–Trinajstić information content (AvgIpc) is 2.38. The van der Waals surface area contributed by atoms with Crippen LogP contribution in [-0.2, 0) is 0 Å². The smallest absolute Gasteiger partial charge is 0.262 e. The van der Waals surface area contributed by atoms with E-state index >= 15 is 0 Å². The second-order valence-corrected chi connectivity index (χ2v) is 4.33. The average molecular weight is 252 g/mol. The molecule has 0 amide bonds. The van der Waals surface area contributed by atoms with Gasteiger partial charge in [-0.3, -0.25) is 9.78 Å². The van der Waals surface area contributed by atoms with Crippen molar-refractivity contribution < 1.29 is 0 Å². The molecule has 0 unspecified atom stereocenters. The highest BCUT2D eigenvalue weighted by atomic mass is 16.1. The van der Waals surface area contributed by atoms with Gasteiger partial charge >= 0.3 is 0 Å². The summed E-state index contributed by atoms with van der Waals surface area (Å²) in [5.41, 5.74) is 8.23. The lowest BCUT2D eigenvalue weighted by Crippen LogP contribution is -2.13. The number of aryl methyl sites for hydroxylation is 1. The van der Waals surface area contributed by atoms with Crippen molar-refractivity contribution in [2.24, 2.45) is 0 Å². The number of nitrogens with one attached hydrogen (secondary N) is 1. The minimum atomic E-state index is -0.270. The Hall–Kier alpha value is -2.69. The van der Waals surface area contributed by atoms with Crippen LogP contribution in [-0.4, -0.2) is 15.0 Å². The molecule has 3 aromatic rings. The zero-order chi connectivity index (χ0) is 13.4. The fourth-order valence-corrected chi connectivity index (χ4v) is 2.13. The summed E-state index contributed by atoms with van der Waals surface area (Å²) in [6, 6.07) is 11.6. The monoisotopic (exact) mass is 252 g/mol. The van der Waals surface area contributed by atoms with E-state index in [0.29, 0.717) is 11.0 Å². The molecule has 0 aliphatic carbocycles. The number of nitrogen functional groups attached to an aromatic ring is 1. The number of H-pyrrole nitrogens is 1. The minimum Gasteiger partial charge on any atom is -0.369 e. The van der Waals surface area contributed by atoms with E-state index in [4.69, 9.17) is 5.73 Å². The summed E-state index contributed by atoms with van der Waals surface area (Å²) in [6.07, 6.45) is 0. The Balaban J connectivity index is 2.45. The van der Waals surface area contributed by atoms with Gasteiger partial charge < -0.3 is 5.73 Å². The molecule has 19 heavy (non-hydrogen) atoms. The maximum atomic E-state index is 12.1. The molecule has 3 N–H and O–H groups in total. The summed E-state index contributed by atoms with van der Waals surface area (Å²) in [5.74, 6) is 0.0783. The highest BCUT2D eigenvalue weighted by Gasteiger charge is 2.11. The molecule has 0 atom stereocenters. The van der Waals surface area contributed by atoms with Gasteiger partial charge in [0.2, 0.25) is 5.95 Å². The third-order valence-corrected chi connectivity index (χ3v) is 2.91. The number of benzene rings is 1. The molecule has 94 valence electrons. The summed E-state index contributed by atoms with van der Waals surface area (Å²) in [7, 11) is 0. The van der Waals surface area contributed by atoms with E-state index in [0.717, 1.165) is 16.8 Å². The lowest BCUT2D eigenvalue weighted by molar-refractivity contribution is 1.13. The van der Waals surface area contributed by atoms with Gasteiger partial charge in [-0.15, -0.1) is 0 Å². The molecule has 0 saturated heterocycles. The van der Waals surface area contributed by atoms with Gasteiger partial charge in [0.1, 0.15) is 0 Å². The van der Waals surface area contributed by atoms with Gasteiger partial charge in [-0.2, -0.15) is 4.98 Å². The molecule has 2 aromatic heterocycles. The number of anilines is 1. The Morgan fingerprint density at radius 2 is 1.89 bits per heavy atom. The fraction of sp³-hybridized carbons (Fsp3) is 0.0714. The van der Waals surface area contributed by atoms with Gasteiger partial charge in [0, 0.05) is 11.3 Å². The van der Waals surface area contributed by atoms with E-state index in [-0.39, 0.29) is 11.5 Å². The van der Waals surface area contributed by atoms with Crippen LogP contribution >= 0.6 is 0 Å². The third kappa shape index (κ3) is 1.95. The Bertz CT molecular complexity index is 804. The van der Waals surface area contributed by atoms with Gasteiger partial charge in [-0.1, -0.05) is 30.3 Å². The predicted molar refractivity (Wildman–Crippen MR) is 74.7 cm³/mol. The van der Waals surface area contributed by atoms with Gasteiger partial charge in [0.15, 0.2) is 5.65 Å². The highest BCUT2D eigenvalue weighted by Crippen LogP contribution is 2.25. The first-order valence-corrected chi connectivity index (χ1v) is 5.88. The zero-order valence-corrected chi connectivity index (χ0v) is 10.3. The molecular weight excluding hydrogens is 240 g/mol. The van der Waals surface area contributed by atoms with Crippen molar-refractivity contribution in [1.29, 1.82) is 0 Å². The van der Waals surface area contributed by atoms with E-state index in [1.165, 1.54) is 0 Å².